The second kappa shape index (κ2) is 7.85. The first-order chi connectivity index (χ1) is 6.79. The van der Waals surface area contributed by atoms with Crippen LogP contribution in [0.1, 0.15) is 13.8 Å². The van der Waals surface area contributed by atoms with Gasteiger partial charge >= 0.3 is 0 Å². The third-order valence-electron chi connectivity index (χ3n) is 1.99. The Labute approximate surface area is 95.9 Å². The molecule has 1 fully saturated rings. The summed E-state index contributed by atoms with van der Waals surface area (Å²) in [7, 11) is 0. The highest BCUT2D eigenvalue weighted by Gasteiger charge is 2.12. The van der Waals surface area contributed by atoms with Crippen molar-refractivity contribution in [1.82, 2.24) is 5.32 Å². The molecule has 1 heterocycles. The van der Waals surface area contributed by atoms with Crippen molar-refractivity contribution >= 4 is 23.5 Å². The van der Waals surface area contributed by atoms with Gasteiger partial charge in [0.15, 0.2) is 0 Å². The molecular formula is C10H21NOS2. The van der Waals surface area contributed by atoms with Crippen LogP contribution >= 0.6 is 23.5 Å². The van der Waals surface area contributed by atoms with Crippen LogP contribution in [0.4, 0.5) is 0 Å². The normalized spacial score (nSPS) is 22.9. The molecule has 2 nitrogen and oxygen atoms in total. The minimum atomic E-state index is 0.358. The zero-order chi connectivity index (χ0) is 10.2. The third-order valence-corrected chi connectivity index (χ3v) is 4.83. The molecule has 1 rings (SSSR count). The van der Waals surface area contributed by atoms with Crippen molar-refractivity contribution in [2.75, 3.05) is 37.0 Å². The monoisotopic (exact) mass is 235 g/mol. The number of hydrogen-bond donors (Lipinski definition) is 1. The average molecular weight is 235 g/mol. The predicted molar refractivity (Wildman–Crippen MR) is 67.5 cm³/mol. The second-order valence-corrected chi connectivity index (χ2v) is 6.25. The lowest BCUT2D eigenvalue weighted by atomic mass is 10.4. The maximum atomic E-state index is 5.46. The molecule has 0 radical (unpaired) electrons. The van der Waals surface area contributed by atoms with E-state index in [1.807, 2.05) is 0 Å². The Kier molecular flexibility index (Phi) is 7.12. The van der Waals surface area contributed by atoms with Gasteiger partial charge in [-0.3, -0.25) is 0 Å². The molecule has 0 aromatic carbocycles. The van der Waals surface area contributed by atoms with Gasteiger partial charge in [-0.15, -0.1) is 0 Å². The van der Waals surface area contributed by atoms with Gasteiger partial charge < -0.3 is 10.1 Å². The van der Waals surface area contributed by atoms with Gasteiger partial charge in [-0.25, -0.2) is 0 Å². The quantitative estimate of drug-likeness (QED) is 0.709. The van der Waals surface area contributed by atoms with Crippen LogP contribution < -0.4 is 5.32 Å². The summed E-state index contributed by atoms with van der Waals surface area (Å²) in [5, 5.41) is 4.26. The van der Waals surface area contributed by atoms with Gasteiger partial charge in [0.25, 0.3) is 0 Å². The van der Waals surface area contributed by atoms with Gasteiger partial charge in [-0.1, -0.05) is 0 Å². The van der Waals surface area contributed by atoms with Crippen LogP contribution in [0.25, 0.3) is 0 Å². The summed E-state index contributed by atoms with van der Waals surface area (Å²) in [5.74, 6) is 3.96. The number of nitrogens with one attached hydrogen (secondary N) is 1. The highest BCUT2D eigenvalue weighted by Crippen LogP contribution is 2.23. The number of rotatable bonds is 6. The molecule has 1 unspecified atom stereocenters. The molecule has 0 aliphatic carbocycles. The van der Waals surface area contributed by atoms with E-state index in [4.69, 9.17) is 4.74 Å². The maximum Gasteiger partial charge on any atom is 0.0594 e. The molecule has 1 aliphatic heterocycles. The SMILES string of the molecule is CC(C)OCCNCC1CSCCS1. The first kappa shape index (κ1) is 12.7. The standard InChI is InChI=1S/C10H21NOS2/c1-9(2)12-4-3-11-7-10-8-13-5-6-14-10/h9-11H,3-8H2,1-2H3. The Hall–Kier alpha value is 0.620. The van der Waals surface area contributed by atoms with Crippen molar-refractivity contribution in [1.29, 1.82) is 0 Å². The lowest BCUT2D eigenvalue weighted by molar-refractivity contribution is 0.0810. The lowest BCUT2D eigenvalue weighted by Gasteiger charge is -2.21. The molecule has 1 atom stereocenters. The fraction of sp³-hybridized carbons (Fsp3) is 1.00. The van der Waals surface area contributed by atoms with Crippen LogP contribution in [-0.4, -0.2) is 48.3 Å². The topological polar surface area (TPSA) is 21.3 Å². The molecule has 1 saturated heterocycles. The molecule has 0 amide bonds. The van der Waals surface area contributed by atoms with E-state index in [1.54, 1.807) is 0 Å². The molecule has 4 heteroatoms. The molecule has 0 bridgehead atoms. The first-order valence-corrected chi connectivity index (χ1v) is 7.51. The zero-order valence-electron chi connectivity index (χ0n) is 9.12. The summed E-state index contributed by atoms with van der Waals surface area (Å²) in [6.07, 6.45) is 0.358. The Balaban J connectivity index is 1.87. The van der Waals surface area contributed by atoms with Gasteiger partial charge in [0, 0.05) is 35.6 Å². The summed E-state index contributed by atoms with van der Waals surface area (Å²) in [5.41, 5.74) is 0. The van der Waals surface area contributed by atoms with Crippen molar-refractivity contribution < 1.29 is 4.74 Å². The summed E-state index contributed by atoms with van der Waals surface area (Å²) in [4.78, 5) is 0. The largest absolute Gasteiger partial charge is 0.377 e. The Morgan fingerprint density at radius 2 is 2.29 bits per heavy atom. The summed E-state index contributed by atoms with van der Waals surface area (Å²) in [6, 6.07) is 0. The average Bonchev–Trinajstić information content (AvgIpc) is 2.18. The van der Waals surface area contributed by atoms with Crippen LogP contribution in [0.2, 0.25) is 0 Å². The highest BCUT2D eigenvalue weighted by atomic mass is 32.2. The second-order valence-electron chi connectivity index (χ2n) is 3.69. The Morgan fingerprint density at radius 1 is 1.43 bits per heavy atom. The number of thioether (sulfide) groups is 2. The van der Waals surface area contributed by atoms with Crippen molar-refractivity contribution in [3.05, 3.63) is 0 Å². The van der Waals surface area contributed by atoms with Crippen molar-refractivity contribution in [3.63, 3.8) is 0 Å². The molecule has 0 aromatic rings. The Morgan fingerprint density at radius 3 is 2.93 bits per heavy atom. The van der Waals surface area contributed by atoms with Gasteiger partial charge in [-0.05, 0) is 13.8 Å². The molecule has 0 aromatic heterocycles. The summed E-state index contributed by atoms with van der Waals surface area (Å²) < 4.78 is 5.46. The van der Waals surface area contributed by atoms with E-state index in [9.17, 15) is 0 Å². The van der Waals surface area contributed by atoms with Crippen molar-refractivity contribution in [2.45, 2.75) is 25.2 Å². The van der Waals surface area contributed by atoms with E-state index in [0.717, 1.165) is 24.9 Å². The molecule has 0 saturated carbocycles. The highest BCUT2D eigenvalue weighted by molar-refractivity contribution is 8.06. The van der Waals surface area contributed by atoms with E-state index in [-0.39, 0.29) is 0 Å². The minimum Gasteiger partial charge on any atom is -0.377 e. The smallest absolute Gasteiger partial charge is 0.0594 e. The zero-order valence-corrected chi connectivity index (χ0v) is 10.8. The van der Waals surface area contributed by atoms with Crippen molar-refractivity contribution in [3.8, 4) is 0 Å². The maximum absolute atomic E-state index is 5.46. The number of ether oxygens (including phenoxy) is 1. The van der Waals surface area contributed by atoms with Gasteiger partial charge in [-0.2, -0.15) is 23.5 Å². The van der Waals surface area contributed by atoms with Crippen LogP contribution in [0.15, 0.2) is 0 Å². The number of hydrogen-bond acceptors (Lipinski definition) is 4. The van der Waals surface area contributed by atoms with Gasteiger partial charge in [0.05, 0.1) is 12.7 Å². The molecule has 0 spiro atoms. The van der Waals surface area contributed by atoms with E-state index in [1.165, 1.54) is 17.3 Å². The van der Waals surface area contributed by atoms with Crippen LogP contribution in [-0.2, 0) is 4.74 Å². The van der Waals surface area contributed by atoms with E-state index < -0.39 is 0 Å². The molecule has 84 valence electrons. The van der Waals surface area contributed by atoms with Gasteiger partial charge in [0.2, 0.25) is 0 Å². The van der Waals surface area contributed by atoms with E-state index in [0.29, 0.717) is 6.10 Å². The Bertz CT molecular complexity index is 138. The summed E-state index contributed by atoms with van der Waals surface area (Å²) in [6.45, 7) is 7.11. The van der Waals surface area contributed by atoms with Crippen LogP contribution in [0, 0.1) is 0 Å². The molecule has 1 N–H and O–H groups in total. The summed E-state index contributed by atoms with van der Waals surface area (Å²) >= 11 is 4.18. The van der Waals surface area contributed by atoms with Crippen LogP contribution in [0.3, 0.4) is 0 Å². The van der Waals surface area contributed by atoms with Crippen LogP contribution in [0.5, 0.6) is 0 Å². The fourth-order valence-electron chi connectivity index (χ4n) is 1.28. The molecular weight excluding hydrogens is 214 g/mol. The van der Waals surface area contributed by atoms with Crippen molar-refractivity contribution in [2.24, 2.45) is 0 Å². The predicted octanol–water partition coefficient (Wildman–Crippen LogP) is 1.85. The first-order valence-electron chi connectivity index (χ1n) is 5.30. The van der Waals surface area contributed by atoms with E-state index >= 15 is 0 Å². The minimum absolute atomic E-state index is 0.358. The lowest BCUT2D eigenvalue weighted by Crippen LogP contribution is -2.31. The van der Waals surface area contributed by atoms with E-state index in [2.05, 4.69) is 42.7 Å². The molecule has 1 aliphatic rings. The fourth-order valence-corrected chi connectivity index (χ4v) is 3.93. The molecule has 14 heavy (non-hydrogen) atoms. The van der Waals surface area contributed by atoms with Gasteiger partial charge in [0.1, 0.15) is 0 Å². The third kappa shape index (κ3) is 6.17.